The second kappa shape index (κ2) is 7.53. The summed E-state index contributed by atoms with van der Waals surface area (Å²) in [6.45, 7) is 5.73. The van der Waals surface area contributed by atoms with Crippen molar-refractivity contribution < 1.29 is 39.4 Å². The van der Waals surface area contributed by atoms with Crippen molar-refractivity contribution in [3.63, 3.8) is 0 Å². The number of aliphatic hydroxyl groups excluding tert-OH is 4. The van der Waals surface area contributed by atoms with Crippen LogP contribution in [-0.2, 0) is 6.61 Å². The van der Waals surface area contributed by atoms with Crippen molar-refractivity contribution in [2.24, 2.45) is 5.73 Å². The normalized spacial score (nSPS) is 18.1. The maximum Gasteiger partial charge on any atom is 0.246 e. The Morgan fingerprint density at radius 2 is 1.11 bits per heavy atom. The molecule has 2 aliphatic heterocycles. The van der Waals surface area contributed by atoms with Gasteiger partial charge in [0.05, 0.1) is 42.4 Å². The quantitative estimate of drug-likeness (QED) is 0.386. The molecule has 0 radical (unpaired) electrons. The average molecular weight is 405 g/mol. The molecule has 2 heterocycles. The largest absolute Gasteiger partial charge is 0.448 e. The Kier molecular flexibility index (Phi) is 6.10. The van der Waals surface area contributed by atoms with Crippen molar-refractivity contribution in [2.75, 3.05) is 19.8 Å². The summed E-state index contributed by atoms with van der Waals surface area (Å²) in [6.07, 6.45) is 0. The van der Waals surface area contributed by atoms with Crippen molar-refractivity contribution >= 4 is 12.6 Å². The van der Waals surface area contributed by atoms with E-state index in [1.54, 1.807) is 27.7 Å². The molecule has 9 nitrogen and oxygen atoms in total. The molecule has 10 heteroatoms. The van der Waals surface area contributed by atoms with Gasteiger partial charge in [-0.25, -0.2) is 0 Å². The number of fused-ring (bicyclic) bond motifs is 2. The van der Waals surface area contributed by atoms with E-state index < -0.39 is 36.9 Å². The Labute approximate surface area is 163 Å². The van der Waals surface area contributed by atoms with Crippen LogP contribution in [0.1, 0.15) is 33.3 Å². The van der Waals surface area contributed by atoms with Gasteiger partial charge in [-0.05, 0) is 0 Å². The SMILES string of the molecule is CC1(C)Oc2c(S)c3c(c(CO)c2O1)OC(C)(C)O3.NC(CO)(CO)CO. The molecule has 0 unspecified atom stereocenters. The van der Waals surface area contributed by atoms with Crippen molar-refractivity contribution in [2.45, 2.75) is 56.3 Å². The van der Waals surface area contributed by atoms with Crippen LogP contribution in [0.3, 0.4) is 0 Å². The molecular formula is C17H27NO8S. The molecule has 0 amide bonds. The molecule has 2 aliphatic rings. The Morgan fingerprint density at radius 3 is 1.37 bits per heavy atom. The van der Waals surface area contributed by atoms with Crippen LogP contribution in [-0.4, -0.2) is 57.4 Å². The van der Waals surface area contributed by atoms with Gasteiger partial charge in [0.25, 0.3) is 0 Å². The second-order valence-corrected chi connectivity index (χ2v) is 7.79. The van der Waals surface area contributed by atoms with E-state index in [0.717, 1.165) is 0 Å². The van der Waals surface area contributed by atoms with Crippen LogP contribution in [0.25, 0.3) is 0 Å². The van der Waals surface area contributed by atoms with Crippen LogP contribution in [0.5, 0.6) is 23.0 Å². The number of thiol groups is 1. The Balaban J connectivity index is 0.000000279. The first-order valence-electron chi connectivity index (χ1n) is 8.32. The zero-order valence-electron chi connectivity index (χ0n) is 15.8. The predicted molar refractivity (Wildman–Crippen MR) is 98.5 cm³/mol. The lowest BCUT2D eigenvalue weighted by molar-refractivity contribution is -0.0512. The van der Waals surface area contributed by atoms with Crippen molar-refractivity contribution in [1.29, 1.82) is 0 Å². The van der Waals surface area contributed by atoms with Gasteiger partial charge in [-0.2, -0.15) is 0 Å². The third-order valence-corrected chi connectivity index (χ3v) is 4.29. The molecule has 0 saturated heterocycles. The van der Waals surface area contributed by atoms with Crippen LogP contribution in [0.15, 0.2) is 4.90 Å². The summed E-state index contributed by atoms with van der Waals surface area (Å²) in [4.78, 5) is 0.526. The Hall–Kier alpha value is -1.43. The highest BCUT2D eigenvalue weighted by Crippen LogP contribution is 2.58. The van der Waals surface area contributed by atoms with E-state index in [1.807, 2.05) is 0 Å². The second-order valence-electron chi connectivity index (χ2n) is 7.35. The van der Waals surface area contributed by atoms with E-state index >= 15 is 0 Å². The topological polar surface area (TPSA) is 144 Å². The van der Waals surface area contributed by atoms with Crippen LogP contribution >= 0.6 is 12.6 Å². The molecule has 154 valence electrons. The molecule has 0 spiro atoms. The minimum absolute atomic E-state index is 0.225. The highest BCUT2D eigenvalue weighted by molar-refractivity contribution is 7.80. The first kappa shape index (κ1) is 21.9. The van der Waals surface area contributed by atoms with Crippen LogP contribution in [0.2, 0.25) is 0 Å². The fraction of sp³-hybridized carbons (Fsp3) is 0.647. The monoisotopic (exact) mass is 405 g/mol. The number of hydrogen-bond acceptors (Lipinski definition) is 10. The van der Waals surface area contributed by atoms with Crippen molar-refractivity contribution in [1.82, 2.24) is 0 Å². The van der Waals surface area contributed by atoms with Crippen molar-refractivity contribution in [3.8, 4) is 23.0 Å². The number of benzene rings is 1. The smallest absolute Gasteiger partial charge is 0.246 e. The molecule has 3 rings (SSSR count). The fourth-order valence-electron chi connectivity index (χ4n) is 2.42. The molecular weight excluding hydrogens is 378 g/mol. The average Bonchev–Trinajstić information content (AvgIpc) is 3.10. The van der Waals surface area contributed by atoms with Crippen LogP contribution in [0, 0.1) is 0 Å². The third-order valence-electron chi connectivity index (χ3n) is 3.88. The molecule has 1 aromatic rings. The van der Waals surface area contributed by atoms with E-state index in [9.17, 15) is 5.11 Å². The van der Waals surface area contributed by atoms with E-state index in [4.69, 9.17) is 40.0 Å². The minimum atomic E-state index is -1.21. The summed E-state index contributed by atoms with van der Waals surface area (Å²) in [5, 5.41) is 34.6. The van der Waals surface area contributed by atoms with Crippen LogP contribution in [0.4, 0.5) is 0 Å². The molecule has 0 fully saturated rings. The maximum atomic E-state index is 9.60. The summed E-state index contributed by atoms with van der Waals surface area (Å²) >= 11 is 4.44. The summed E-state index contributed by atoms with van der Waals surface area (Å²) < 4.78 is 22.9. The third kappa shape index (κ3) is 4.36. The minimum Gasteiger partial charge on any atom is -0.448 e. The first-order chi connectivity index (χ1) is 12.4. The lowest BCUT2D eigenvalue weighted by atomic mass is 10.1. The number of rotatable bonds is 4. The predicted octanol–water partition coefficient (Wildman–Crippen LogP) is 0.143. The molecule has 0 aliphatic carbocycles. The van der Waals surface area contributed by atoms with Gasteiger partial charge < -0.3 is 45.1 Å². The highest BCUT2D eigenvalue weighted by Gasteiger charge is 2.44. The van der Waals surface area contributed by atoms with Gasteiger partial charge in [-0.1, -0.05) is 0 Å². The lowest BCUT2D eigenvalue weighted by Crippen LogP contribution is -2.50. The molecule has 27 heavy (non-hydrogen) atoms. The summed E-state index contributed by atoms with van der Waals surface area (Å²) in [7, 11) is 0. The number of nitrogens with two attached hydrogens (primary N) is 1. The maximum absolute atomic E-state index is 9.60. The molecule has 1 aromatic carbocycles. The Morgan fingerprint density at radius 1 is 0.778 bits per heavy atom. The molecule has 6 N–H and O–H groups in total. The molecule has 0 saturated carbocycles. The van der Waals surface area contributed by atoms with Crippen molar-refractivity contribution in [3.05, 3.63) is 5.56 Å². The summed E-state index contributed by atoms with van der Waals surface area (Å²) in [5.41, 5.74) is 4.46. The van der Waals surface area contributed by atoms with Gasteiger partial charge >= 0.3 is 0 Å². The fourth-order valence-corrected chi connectivity index (χ4v) is 2.71. The van der Waals surface area contributed by atoms with Gasteiger partial charge in [-0.15, -0.1) is 12.6 Å². The number of aliphatic hydroxyl groups is 4. The number of ether oxygens (including phenoxy) is 4. The van der Waals surface area contributed by atoms with E-state index in [2.05, 4.69) is 12.6 Å². The van der Waals surface area contributed by atoms with Gasteiger partial charge in [0.2, 0.25) is 11.6 Å². The van der Waals surface area contributed by atoms with Crippen LogP contribution < -0.4 is 24.7 Å². The summed E-state index contributed by atoms with van der Waals surface area (Å²) in [6, 6.07) is 0. The summed E-state index contributed by atoms with van der Waals surface area (Å²) in [5.74, 6) is 0.313. The van der Waals surface area contributed by atoms with Gasteiger partial charge in [0.1, 0.15) is 0 Å². The zero-order valence-corrected chi connectivity index (χ0v) is 16.7. The Bertz CT molecular complexity index is 649. The van der Waals surface area contributed by atoms with Gasteiger partial charge in [0, 0.05) is 27.7 Å². The first-order valence-corrected chi connectivity index (χ1v) is 8.77. The van der Waals surface area contributed by atoms with Gasteiger partial charge in [0.15, 0.2) is 23.0 Å². The highest BCUT2D eigenvalue weighted by atomic mass is 32.1. The van der Waals surface area contributed by atoms with E-state index in [1.165, 1.54) is 0 Å². The van der Waals surface area contributed by atoms with Gasteiger partial charge in [-0.3, -0.25) is 0 Å². The van der Waals surface area contributed by atoms with E-state index in [0.29, 0.717) is 33.5 Å². The zero-order chi connectivity index (χ0) is 20.6. The molecule has 0 bridgehead atoms. The molecule has 0 atom stereocenters. The number of hydrogen-bond donors (Lipinski definition) is 6. The standard InChI is InChI=1S/C13H16O5S.C4H11NO3/c1-12(2)15-7-6(5-14)8-10(11(19)9(7)17-12)18-13(3,4)16-8;5-4(1-6,2-7)3-8/h14,19H,5H2,1-4H3;6-8H,1-3,5H2. The van der Waals surface area contributed by atoms with E-state index in [-0.39, 0.29) is 6.61 Å². The lowest BCUT2D eigenvalue weighted by Gasteiger charge is -2.20. The molecule has 0 aromatic heterocycles.